The molecule has 0 aliphatic carbocycles. The van der Waals surface area contributed by atoms with Crippen LogP contribution in [0.4, 0.5) is 11.5 Å². The maximum atomic E-state index is 6.23. The fraction of sp³-hybridized carbons (Fsp3) is 0.353. The van der Waals surface area contributed by atoms with Crippen LogP contribution in [0.2, 0.25) is 5.02 Å². The van der Waals surface area contributed by atoms with Crippen LogP contribution < -0.4 is 10.2 Å². The van der Waals surface area contributed by atoms with Crippen LogP contribution >= 0.6 is 11.6 Å². The van der Waals surface area contributed by atoms with Gasteiger partial charge in [-0.3, -0.25) is 0 Å². The summed E-state index contributed by atoms with van der Waals surface area (Å²) in [5, 5.41) is 4.02. The summed E-state index contributed by atoms with van der Waals surface area (Å²) in [4.78, 5) is 6.68. The molecule has 21 heavy (non-hydrogen) atoms. The first-order chi connectivity index (χ1) is 10.2. The molecule has 0 saturated heterocycles. The van der Waals surface area contributed by atoms with Crippen molar-refractivity contribution in [2.45, 2.75) is 27.3 Å². The average molecular weight is 304 g/mol. The number of nitrogens with zero attached hydrogens (tertiary/aromatic N) is 2. The number of pyridine rings is 1. The van der Waals surface area contributed by atoms with Crippen molar-refractivity contribution in [3.63, 3.8) is 0 Å². The van der Waals surface area contributed by atoms with Gasteiger partial charge < -0.3 is 10.2 Å². The highest BCUT2D eigenvalue weighted by molar-refractivity contribution is 6.31. The van der Waals surface area contributed by atoms with Gasteiger partial charge in [0.2, 0.25) is 0 Å². The number of halogens is 1. The van der Waals surface area contributed by atoms with E-state index >= 15 is 0 Å². The third kappa shape index (κ3) is 3.96. The lowest BCUT2D eigenvalue weighted by molar-refractivity contribution is 0.725. The average Bonchev–Trinajstić information content (AvgIpc) is 2.48. The van der Waals surface area contributed by atoms with Gasteiger partial charge in [-0.05, 0) is 49.7 Å². The lowest BCUT2D eigenvalue weighted by Gasteiger charge is -2.23. The minimum atomic E-state index is 0.708. The summed E-state index contributed by atoms with van der Waals surface area (Å²) < 4.78 is 0. The first-order valence-electron chi connectivity index (χ1n) is 7.35. The van der Waals surface area contributed by atoms with Crippen LogP contribution in [0.25, 0.3) is 0 Å². The second kappa shape index (κ2) is 7.43. The van der Waals surface area contributed by atoms with Gasteiger partial charge >= 0.3 is 0 Å². The minimum Gasteiger partial charge on any atom is -0.327 e. The van der Waals surface area contributed by atoms with E-state index in [4.69, 9.17) is 11.6 Å². The monoisotopic (exact) mass is 303 g/mol. The van der Waals surface area contributed by atoms with E-state index in [-0.39, 0.29) is 0 Å². The molecule has 0 amide bonds. The van der Waals surface area contributed by atoms with Crippen molar-refractivity contribution in [1.82, 2.24) is 10.3 Å². The Bertz CT molecular complexity index is 598. The molecule has 0 aliphatic rings. The normalized spacial score (nSPS) is 10.7. The van der Waals surface area contributed by atoms with Gasteiger partial charge in [-0.15, -0.1) is 0 Å². The van der Waals surface area contributed by atoms with Gasteiger partial charge in [-0.1, -0.05) is 30.7 Å². The molecule has 0 unspecified atom stereocenters. The molecule has 1 aromatic heterocycles. The third-order valence-electron chi connectivity index (χ3n) is 3.39. The zero-order valence-corrected chi connectivity index (χ0v) is 13.6. The van der Waals surface area contributed by atoms with Gasteiger partial charge in [0.05, 0.1) is 5.02 Å². The number of nitrogens with one attached hydrogen (secondary N) is 1. The minimum absolute atomic E-state index is 0.708. The fourth-order valence-electron chi connectivity index (χ4n) is 2.28. The Hall–Kier alpha value is -1.58. The molecule has 3 nitrogen and oxygen atoms in total. The van der Waals surface area contributed by atoms with Crippen LogP contribution in [0, 0.1) is 6.92 Å². The number of benzene rings is 1. The first kappa shape index (κ1) is 15.8. The zero-order chi connectivity index (χ0) is 15.2. The number of hydrogen-bond donors (Lipinski definition) is 1. The lowest BCUT2D eigenvalue weighted by atomic mass is 10.2. The Morgan fingerprint density at radius 1 is 1.24 bits per heavy atom. The number of rotatable bonds is 6. The van der Waals surface area contributed by atoms with Crippen LogP contribution in [-0.2, 0) is 6.54 Å². The van der Waals surface area contributed by atoms with Gasteiger partial charge in [0.25, 0.3) is 0 Å². The first-order valence-corrected chi connectivity index (χ1v) is 7.72. The molecule has 0 bridgehead atoms. The quantitative estimate of drug-likeness (QED) is 0.862. The van der Waals surface area contributed by atoms with Crippen LogP contribution in [0.15, 0.2) is 36.5 Å². The molecule has 0 fully saturated rings. The summed E-state index contributed by atoms with van der Waals surface area (Å²) in [7, 11) is 0. The molecule has 0 saturated carbocycles. The van der Waals surface area contributed by atoms with Gasteiger partial charge in [-0.2, -0.15) is 0 Å². The molecule has 4 heteroatoms. The number of anilines is 2. The molecule has 0 spiro atoms. The van der Waals surface area contributed by atoms with Gasteiger partial charge in [0.1, 0.15) is 5.82 Å². The lowest BCUT2D eigenvalue weighted by Crippen LogP contribution is -2.18. The largest absolute Gasteiger partial charge is 0.327 e. The summed E-state index contributed by atoms with van der Waals surface area (Å²) in [5.41, 5.74) is 3.48. The fourth-order valence-corrected chi connectivity index (χ4v) is 2.45. The van der Waals surface area contributed by atoms with E-state index in [0.29, 0.717) is 5.02 Å². The molecule has 2 aromatic rings. The second-order valence-electron chi connectivity index (χ2n) is 5.00. The van der Waals surface area contributed by atoms with E-state index in [1.54, 1.807) is 6.20 Å². The topological polar surface area (TPSA) is 28.2 Å². The molecule has 0 aliphatic heterocycles. The van der Waals surface area contributed by atoms with Crippen molar-refractivity contribution in [2.24, 2.45) is 0 Å². The maximum Gasteiger partial charge on any atom is 0.133 e. The summed E-state index contributed by atoms with van der Waals surface area (Å²) in [6.45, 7) is 8.85. The van der Waals surface area contributed by atoms with Crippen molar-refractivity contribution < 1.29 is 0 Å². The Balaban J connectivity index is 2.34. The van der Waals surface area contributed by atoms with E-state index in [2.05, 4.69) is 66.3 Å². The van der Waals surface area contributed by atoms with Crippen molar-refractivity contribution in [3.8, 4) is 0 Å². The highest BCUT2D eigenvalue weighted by atomic mass is 35.5. The van der Waals surface area contributed by atoms with E-state index in [1.165, 1.54) is 5.56 Å². The van der Waals surface area contributed by atoms with E-state index in [9.17, 15) is 0 Å². The van der Waals surface area contributed by atoms with Crippen molar-refractivity contribution in [2.75, 3.05) is 18.0 Å². The molecular formula is C17H22ClN3. The molecule has 2 rings (SSSR count). The predicted octanol–water partition coefficient (Wildman–Crippen LogP) is 4.31. The number of aryl methyl sites for hydroxylation is 1. The number of aromatic nitrogens is 1. The highest BCUT2D eigenvalue weighted by Crippen LogP contribution is 2.27. The van der Waals surface area contributed by atoms with Crippen LogP contribution in [-0.4, -0.2) is 18.1 Å². The Kier molecular flexibility index (Phi) is 5.59. The third-order valence-corrected chi connectivity index (χ3v) is 3.73. The van der Waals surface area contributed by atoms with E-state index < -0.39 is 0 Å². The van der Waals surface area contributed by atoms with Gasteiger partial charge in [-0.25, -0.2) is 4.98 Å². The Morgan fingerprint density at radius 3 is 2.71 bits per heavy atom. The summed E-state index contributed by atoms with van der Waals surface area (Å²) in [6.07, 6.45) is 1.74. The summed E-state index contributed by atoms with van der Waals surface area (Å²) >= 11 is 6.23. The standard InChI is InChI=1S/C17H22ClN3/c1-4-19-11-14-10-17(20-12-16(14)18)21(5-2)15-8-6-7-13(3)9-15/h6-10,12,19H,4-5,11H2,1-3H3. The van der Waals surface area contributed by atoms with Crippen LogP contribution in [0.1, 0.15) is 25.0 Å². The molecule has 0 atom stereocenters. The zero-order valence-electron chi connectivity index (χ0n) is 12.9. The molecule has 1 aromatic carbocycles. The number of hydrogen-bond acceptors (Lipinski definition) is 3. The SMILES string of the molecule is CCNCc1cc(N(CC)c2cccc(C)c2)ncc1Cl. The predicted molar refractivity (Wildman–Crippen MR) is 90.5 cm³/mol. The highest BCUT2D eigenvalue weighted by Gasteiger charge is 2.11. The van der Waals surface area contributed by atoms with E-state index in [1.807, 2.05) is 0 Å². The van der Waals surface area contributed by atoms with Gasteiger partial charge in [0, 0.05) is 25.0 Å². The maximum absolute atomic E-state index is 6.23. The van der Waals surface area contributed by atoms with Crippen LogP contribution in [0.5, 0.6) is 0 Å². The van der Waals surface area contributed by atoms with E-state index in [0.717, 1.165) is 36.7 Å². The van der Waals surface area contributed by atoms with Gasteiger partial charge in [0.15, 0.2) is 0 Å². The van der Waals surface area contributed by atoms with Crippen molar-refractivity contribution in [1.29, 1.82) is 0 Å². The molecule has 112 valence electrons. The Morgan fingerprint density at radius 2 is 2.05 bits per heavy atom. The van der Waals surface area contributed by atoms with Crippen molar-refractivity contribution in [3.05, 3.63) is 52.7 Å². The Labute approximate surface area is 132 Å². The molecular weight excluding hydrogens is 282 g/mol. The summed E-state index contributed by atoms with van der Waals surface area (Å²) in [5.74, 6) is 0.931. The molecule has 1 N–H and O–H groups in total. The smallest absolute Gasteiger partial charge is 0.133 e. The molecule has 1 heterocycles. The second-order valence-corrected chi connectivity index (χ2v) is 5.40. The summed E-state index contributed by atoms with van der Waals surface area (Å²) in [6, 6.07) is 10.5. The van der Waals surface area contributed by atoms with Crippen LogP contribution in [0.3, 0.4) is 0 Å². The van der Waals surface area contributed by atoms with Crippen molar-refractivity contribution >= 4 is 23.1 Å². The molecule has 0 radical (unpaired) electrons.